The standard InChI is InChI=1S/C24H34N4O5S/c1-18-6-3-4-13-27(18)16-12-25-24(29)20-10-14-28(15-11-20)34(30,31)23-19(2)26-33-22(23)9-8-21-7-5-17-32-21/h5,7-9,17-18,20H,3-4,6,10-16H2,1-2H3,(H,25,29)/b9-8+. The summed E-state index contributed by atoms with van der Waals surface area (Å²) in [5.41, 5.74) is 0.311. The molecule has 2 aromatic rings. The Balaban J connectivity index is 1.32. The summed E-state index contributed by atoms with van der Waals surface area (Å²) in [5, 5.41) is 6.93. The fraction of sp³-hybridized carbons (Fsp3) is 0.583. The van der Waals surface area contributed by atoms with Crippen LogP contribution in [0.4, 0.5) is 0 Å². The number of carbonyl (C=O) groups excluding carboxylic acids is 1. The zero-order chi connectivity index (χ0) is 24.1. The summed E-state index contributed by atoms with van der Waals surface area (Å²) in [6.07, 6.45) is 9.43. The number of hydrogen-bond donors (Lipinski definition) is 1. The number of aromatic nitrogens is 1. The number of furan rings is 1. The van der Waals surface area contributed by atoms with Crippen molar-refractivity contribution in [2.75, 3.05) is 32.7 Å². The second-order valence-electron chi connectivity index (χ2n) is 9.16. The van der Waals surface area contributed by atoms with E-state index in [1.165, 1.54) is 29.8 Å². The Labute approximate surface area is 201 Å². The summed E-state index contributed by atoms with van der Waals surface area (Å²) in [5.74, 6) is 0.594. The summed E-state index contributed by atoms with van der Waals surface area (Å²) < 4.78 is 38.7. The van der Waals surface area contributed by atoms with Gasteiger partial charge in [-0.25, -0.2) is 8.42 Å². The highest BCUT2D eigenvalue weighted by Crippen LogP contribution is 2.29. The summed E-state index contributed by atoms with van der Waals surface area (Å²) in [7, 11) is -3.80. The Morgan fingerprint density at radius 3 is 2.71 bits per heavy atom. The highest BCUT2D eigenvalue weighted by molar-refractivity contribution is 7.89. The van der Waals surface area contributed by atoms with Crippen LogP contribution in [0.2, 0.25) is 0 Å². The van der Waals surface area contributed by atoms with E-state index in [2.05, 4.69) is 22.3 Å². The molecule has 1 unspecified atom stereocenters. The van der Waals surface area contributed by atoms with Crippen LogP contribution in [0.3, 0.4) is 0 Å². The number of amides is 1. The van der Waals surface area contributed by atoms with E-state index < -0.39 is 10.0 Å². The quantitative estimate of drug-likeness (QED) is 0.605. The largest absolute Gasteiger partial charge is 0.465 e. The molecule has 1 amide bonds. The Kier molecular flexibility index (Phi) is 7.90. The fourth-order valence-electron chi connectivity index (χ4n) is 4.79. The van der Waals surface area contributed by atoms with Gasteiger partial charge in [0, 0.05) is 38.1 Å². The van der Waals surface area contributed by atoms with Crippen molar-refractivity contribution in [2.24, 2.45) is 5.92 Å². The van der Waals surface area contributed by atoms with E-state index >= 15 is 0 Å². The van der Waals surface area contributed by atoms with Crippen molar-refractivity contribution in [3.63, 3.8) is 0 Å². The van der Waals surface area contributed by atoms with Gasteiger partial charge in [0.15, 0.2) is 10.7 Å². The van der Waals surface area contributed by atoms with Gasteiger partial charge in [0.1, 0.15) is 11.5 Å². The first-order chi connectivity index (χ1) is 16.4. The molecule has 0 spiro atoms. The Hall–Kier alpha value is -2.43. The van der Waals surface area contributed by atoms with Crippen LogP contribution in [0.25, 0.3) is 12.2 Å². The summed E-state index contributed by atoms with van der Waals surface area (Å²) >= 11 is 0. The summed E-state index contributed by atoms with van der Waals surface area (Å²) in [6.45, 7) is 7.02. The maximum Gasteiger partial charge on any atom is 0.248 e. The molecule has 34 heavy (non-hydrogen) atoms. The third-order valence-corrected chi connectivity index (χ3v) is 8.89. The molecule has 9 nitrogen and oxygen atoms in total. The lowest BCUT2D eigenvalue weighted by Crippen LogP contribution is -2.46. The molecule has 186 valence electrons. The van der Waals surface area contributed by atoms with Gasteiger partial charge in [-0.05, 0) is 70.4 Å². The molecule has 1 atom stereocenters. The lowest BCUT2D eigenvalue weighted by molar-refractivity contribution is -0.126. The SMILES string of the molecule is Cc1noc(/C=C/c2ccco2)c1S(=O)(=O)N1CCC(C(=O)NCCN2CCCCC2C)CC1. The van der Waals surface area contributed by atoms with Crippen molar-refractivity contribution in [2.45, 2.75) is 56.9 Å². The first-order valence-corrected chi connectivity index (χ1v) is 13.5. The van der Waals surface area contributed by atoms with E-state index in [1.54, 1.807) is 31.2 Å². The van der Waals surface area contributed by atoms with Crippen molar-refractivity contribution in [3.8, 4) is 0 Å². The van der Waals surface area contributed by atoms with Gasteiger partial charge < -0.3 is 14.3 Å². The Morgan fingerprint density at radius 2 is 2.00 bits per heavy atom. The fourth-order valence-corrected chi connectivity index (χ4v) is 6.51. The van der Waals surface area contributed by atoms with E-state index in [9.17, 15) is 13.2 Å². The molecular weight excluding hydrogens is 456 g/mol. The van der Waals surface area contributed by atoms with Crippen LogP contribution in [-0.2, 0) is 14.8 Å². The summed E-state index contributed by atoms with van der Waals surface area (Å²) in [6, 6.07) is 4.08. The number of hydrogen-bond acceptors (Lipinski definition) is 7. The maximum absolute atomic E-state index is 13.4. The number of piperidine rings is 2. The molecule has 0 aliphatic carbocycles. The van der Waals surface area contributed by atoms with Crippen molar-refractivity contribution < 1.29 is 22.2 Å². The van der Waals surface area contributed by atoms with Gasteiger partial charge in [-0.15, -0.1) is 0 Å². The van der Waals surface area contributed by atoms with Crippen LogP contribution < -0.4 is 5.32 Å². The smallest absolute Gasteiger partial charge is 0.248 e. The van der Waals surface area contributed by atoms with Gasteiger partial charge in [-0.2, -0.15) is 4.31 Å². The van der Waals surface area contributed by atoms with Crippen LogP contribution in [0, 0.1) is 12.8 Å². The number of aryl methyl sites for hydroxylation is 1. The Morgan fingerprint density at radius 1 is 1.21 bits per heavy atom. The highest BCUT2D eigenvalue weighted by atomic mass is 32.2. The van der Waals surface area contributed by atoms with E-state index in [4.69, 9.17) is 8.94 Å². The molecule has 2 aliphatic heterocycles. The van der Waals surface area contributed by atoms with Gasteiger partial charge in [0.05, 0.1) is 6.26 Å². The number of carbonyl (C=O) groups is 1. The van der Waals surface area contributed by atoms with Crippen LogP contribution in [0.1, 0.15) is 56.2 Å². The molecule has 0 radical (unpaired) electrons. The van der Waals surface area contributed by atoms with Gasteiger partial charge in [0.2, 0.25) is 15.9 Å². The second-order valence-corrected chi connectivity index (χ2v) is 11.0. The zero-order valence-electron chi connectivity index (χ0n) is 19.9. The molecule has 0 bridgehead atoms. The molecule has 0 saturated carbocycles. The zero-order valence-corrected chi connectivity index (χ0v) is 20.7. The van der Waals surface area contributed by atoms with Crippen molar-refractivity contribution >= 4 is 28.1 Å². The minimum Gasteiger partial charge on any atom is -0.465 e. The molecule has 2 aromatic heterocycles. The second kappa shape index (κ2) is 10.9. The van der Waals surface area contributed by atoms with E-state index in [1.807, 2.05) is 0 Å². The van der Waals surface area contributed by atoms with Crippen molar-refractivity contribution in [1.29, 1.82) is 0 Å². The van der Waals surface area contributed by atoms with Gasteiger partial charge in [-0.1, -0.05) is 11.6 Å². The lowest BCUT2D eigenvalue weighted by atomic mass is 9.97. The first-order valence-electron chi connectivity index (χ1n) is 12.1. The average Bonchev–Trinajstić information content (AvgIpc) is 3.48. The minimum absolute atomic E-state index is 0.0185. The maximum atomic E-state index is 13.4. The molecule has 2 fully saturated rings. The number of nitrogens with zero attached hydrogens (tertiary/aromatic N) is 3. The molecule has 4 heterocycles. The predicted octanol–water partition coefficient (Wildman–Crippen LogP) is 3.14. The van der Waals surface area contributed by atoms with Gasteiger partial charge >= 0.3 is 0 Å². The minimum atomic E-state index is -3.80. The third kappa shape index (κ3) is 5.61. The average molecular weight is 491 g/mol. The van der Waals surface area contributed by atoms with E-state index in [0.717, 1.165) is 13.1 Å². The van der Waals surface area contributed by atoms with Crippen LogP contribution >= 0.6 is 0 Å². The highest BCUT2D eigenvalue weighted by Gasteiger charge is 2.36. The van der Waals surface area contributed by atoms with Gasteiger partial charge in [0.25, 0.3) is 0 Å². The monoisotopic (exact) mass is 490 g/mol. The normalized spacial score (nSPS) is 21.3. The number of nitrogens with one attached hydrogen (secondary N) is 1. The Bertz CT molecular complexity index is 1080. The molecule has 10 heteroatoms. The topological polar surface area (TPSA) is 109 Å². The van der Waals surface area contributed by atoms with E-state index in [0.29, 0.717) is 36.9 Å². The van der Waals surface area contributed by atoms with Crippen LogP contribution in [0.15, 0.2) is 32.2 Å². The molecule has 0 aromatic carbocycles. The van der Waals surface area contributed by atoms with Crippen molar-refractivity contribution in [3.05, 3.63) is 35.6 Å². The predicted molar refractivity (Wildman–Crippen MR) is 128 cm³/mol. The number of likely N-dealkylation sites (tertiary alicyclic amines) is 1. The molecule has 2 saturated heterocycles. The van der Waals surface area contributed by atoms with Crippen molar-refractivity contribution in [1.82, 2.24) is 19.7 Å². The number of sulfonamides is 1. The lowest BCUT2D eigenvalue weighted by Gasteiger charge is -2.34. The molecule has 1 N–H and O–H groups in total. The van der Waals surface area contributed by atoms with Crippen LogP contribution in [0.5, 0.6) is 0 Å². The third-order valence-electron chi connectivity index (χ3n) is 6.84. The first kappa shape index (κ1) is 24.7. The van der Waals surface area contributed by atoms with Crippen LogP contribution in [-0.4, -0.2) is 67.5 Å². The van der Waals surface area contributed by atoms with Gasteiger partial charge in [-0.3, -0.25) is 9.69 Å². The van der Waals surface area contributed by atoms with E-state index in [-0.39, 0.29) is 35.6 Å². The molecule has 2 aliphatic rings. The number of rotatable bonds is 8. The summed E-state index contributed by atoms with van der Waals surface area (Å²) in [4.78, 5) is 15.2. The molecule has 4 rings (SSSR count). The molecular formula is C24H34N4O5S.